The zero-order valence-corrected chi connectivity index (χ0v) is 42.5. The molecule has 1 nitrogen and oxygen atoms in total. The van der Waals surface area contributed by atoms with Crippen LogP contribution in [0.5, 0.6) is 0 Å². The van der Waals surface area contributed by atoms with Crippen molar-refractivity contribution in [1.82, 2.24) is 4.48 Å². The van der Waals surface area contributed by atoms with Crippen molar-refractivity contribution < 1.29 is 0 Å². The third kappa shape index (κ3) is 6.16. The van der Waals surface area contributed by atoms with E-state index in [2.05, 4.69) is 239 Å². The van der Waals surface area contributed by atoms with Gasteiger partial charge in [0.15, 0.2) is 0 Å². The quantitative estimate of drug-likeness (QED) is 0.0879. The molecule has 0 radical (unpaired) electrons. The summed E-state index contributed by atoms with van der Waals surface area (Å²) in [5, 5.41) is 15.8. The third-order valence-corrected chi connectivity index (χ3v) is 16.4. The maximum Gasteiger partial charge on any atom is 0.329 e. The summed E-state index contributed by atoms with van der Waals surface area (Å²) < 4.78 is 2.79. The van der Waals surface area contributed by atoms with Crippen LogP contribution in [0.2, 0.25) is 0 Å². The molecule has 0 fully saturated rings. The molecule has 3 heterocycles. The maximum absolute atomic E-state index is 2.79. The highest BCUT2D eigenvalue weighted by Crippen LogP contribution is 2.50. The van der Waals surface area contributed by atoms with Gasteiger partial charge in [-0.3, -0.25) is 0 Å². The third-order valence-electron chi connectivity index (χ3n) is 16.4. The molecule has 0 aliphatic carbocycles. The fourth-order valence-electron chi connectivity index (χ4n) is 12.6. The Bertz CT molecular complexity index is 4020. The van der Waals surface area contributed by atoms with E-state index in [1.807, 2.05) is 0 Å². The average Bonchev–Trinajstić information content (AvgIpc) is 3.64. The van der Waals surface area contributed by atoms with E-state index < -0.39 is 0 Å². The highest BCUT2D eigenvalue weighted by Gasteiger charge is 2.45. The van der Waals surface area contributed by atoms with Gasteiger partial charge in [-0.15, -0.1) is 0 Å². The first-order chi connectivity index (χ1) is 32.7. The summed E-state index contributed by atoms with van der Waals surface area (Å²) in [6.45, 7) is 28.4. The molecule has 10 aromatic carbocycles. The summed E-state index contributed by atoms with van der Waals surface area (Å²) >= 11 is 0. The molecule has 69 heavy (non-hydrogen) atoms. The lowest BCUT2D eigenvalue weighted by atomic mass is 9.40. The Morgan fingerprint density at radius 1 is 0.377 bits per heavy atom. The molecule has 2 aliphatic heterocycles. The molecule has 1 unspecified atom stereocenters. The number of aromatic nitrogens is 1. The molecule has 0 saturated carbocycles. The van der Waals surface area contributed by atoms with E-state index in [1.54, 1.807) is 0 Å². The minimum atomic E-state index is -0.0503. The molecule has 13 rings (SSSR count). The van der Waals surface area contributed by atoms with E-state index in [-0.39, 0.29) is 34.4 Å². The Labute approximate surface area is 408 Å². The predicted octanol–water partition coefficient (Wildman–Crippen LogP) is 16.9. The number of nitrogens with zero attached hydrogens (tertiary/aromatic N) is 1. The van der Waals surface area contributed by atoms with Gasteiger partial charge in [0.2, 0.25) is 0 Å². The maximum atomic E-state index is 2.79. The van der Waals surface area contributed by atoms with Crippen LogP contribution in [0.25, 0.3) is 86.8 Å². The first-order valence-electron chi connectivity index (χ1n) is 25.4. The van der Waals surface area contributed by atoms with Gasteiger partial charge in [0.25, 0.3) is 0 Å². The van der Waals surface area contributed by atoms with E-state index in [0.29, 0.717) is 0 Å². The summed E-state index contributed by atoms with van der Waals surface area (Å²) in [5.74, 6) is 0.00334. The average molecular weight is 892 g/mol. The Morgan fingerprint density at radius 2 is 0.870 bits per heavy atom. The number of hydrogen-bond acceptors (Lipinski definition) is 0. The Morgan fingerprint density at radius 3 is 1.45 bits per heavy atom. The zero-order valence-electron chi connectivity index (χ0n) is 42.5. The summed E-state index contributed by atoms with van der Waals surface area (Å²) in [5.41, 5.74) is 17.9. The lowest BCUT2D eigenvalue weighted by Gasteiger charge is -2.40. The number of rotatable bonds is 1. The van der Waals surface area contributed by atoms with Crippen LogP contribution in [-0.4, -0.2) is 11.3 Å². The topological polar surface area (TPSA) is 4.93 Å². The van der Waals surface area contributed by atoms with Gasteiger partial charge in [-0.25, -0.2) is 0 Å². The normalized spacial score (nSPS) is 15.1. The Hall–Kier alpha value is -6.64. The first kappa shape index (κ1) is 42.5. The van der Waals surface area contributed by atoms with Gasteiger partial charge in [0.05, 0.1) is 0 Å². The minimum Gasteiger partial charge on any atom is -0.375 e. The van der Waals surface area contributed by atoms with Crippen molar-refractivity contribution in [3.8, 4) is 11.1 Å². The lowest BCUT2D eigenvalue weighted by Crippen LogP contribution is -2.57. The molecule has 1 aromatic heterocycles. The summed E-state index contributed by atoms with van der Waals surface area (Å²) in [6.07, 6.45) is 0. The Kier molecular flexibility index (Phi) is 8.62. The highest BCUT2D eigenvalue weighted by atomic mass is 14.9. The van der Waals surface area contributed by atoms with Crippen LogP contribution in [0.1, 0.15) is 128 Å². The second-order valence-electron chi connectivity index (χ2n) is 25.0. The van der Waals surface area contributed by atoms with Crippen molar-refractivity contribution in [3.05, 3.63) is 191 Å². The fourth-order valence-corrected chi connectivity index (χ4v) is 12.6. The first-order valence-corrected chi connectivity index (χ1v) is 25.4. The molecule has 11 aromatic rings. The monoisotopic (exact) mass is 891 g/mol. The number of benzene rings is 10. The van der Waals surface area contributed by atoms with Gasteiger partial charge in [-0.1, -0.05) is 198 Å². The molecule has 0 amide bonds. The van der Waals surface area contributed by atoms with Crippen molar-refractivity contribution in [3.63, 3.8) is 0 Å². The Balaban J connectivity index is 1.24. The van der Waals surface area contributed by atoms with Crippen molar-refractivity contribution >= 4 is 93.4 Å². The van der Waals surface area contributed by atoms with Gasteiger partial charge >= 0.3 is 6.85 Å². The SMILES string of the molecule is CC(C)(C)c1cc(C2c3cc4cc5c6ccccc6c6ccccc6c5cc4cc3B3c4c2cc2ccccc2c4-c2cc(C(C)(C)C)cc4c5cc(C(C)(C)C)ccc5n3c24)cc(C(C)(C)C)c1. The smallest absolute Gasteiger partial charge is 0.329 e. The van der Waals surface area contributed by atoms with Crippen molar-refractivity contribution in [1.29, 1.82) is 0 Å². The molecule has 0 spiro atoms. The molecular weight excluding hydrogens is 830 g/mol. The van der Waals surface area contributed by atoms with Crippen LogP contribution >= 0.6 is 0 Å². The largest absolute Gasteiger partial charge is 0.375 e. The minimum absolute atomic E-state index is 0.00334. The molecule has 338 valence electrons. The standard InChI is InChI=1S/C67H62BN/c1-64(2,3)42-25-26-59-53(35-42)54-36-45(67(10,11)12)37-57-61-46-20-14-13-19-38(46)29-56-60(41-27-43(65(4,5)6)34-44(28-41)66(7,8)9)55-32-39-30-51-49-23-17-15-21-47(49)48-22-16-18-24-50(48)52(51)31-40(39)33-58(55)68(62(56)61)69(59)63(54)57/h13-37,60H,1-12H3. The van der Waals surface area contributed by atoms with Crippen molar-refractivity contribution in [2.75, 3.05) is 0 Å². The van der Waals surface area contributed by atoms with Crippen LogP contribution in [0.15, 0.2) is 152 Å². The van der Waals surface area contributed by atoms with Crippen molar-refractivity contribution in [2.45, 2.75) is 111 Å². The highest BCUT2D eigenvalue weighted by molar-refractivity contribution is 6.88. The molecule has 2 aliphatic rings. The van der Waals surface area contributed by atoms with E-state index in [0.717, 1.165) is 0 Å². The number of hydrogen-bond donors (Lipinski definition) is 0. The molecular formula is C67H62BN. The molecule has 0 bridgehead atoms. The van der Waals surface area contributed by atoms with E-state index in [1.165, 1.54) is 137 Å². The van der Waals surface area contributed by atoms with Gasteiger partial charge in [0, 0.05) is 33.3 Å². The zero-order chi connectivity index (χ0) is 47.8. The van der Waals surface area contributed by atoms with E-state index in [4.69, 9.17) is 0 Å². The molecule has 0 saturated heterocycles. The van der Waals surface area contributed by atoms with Gasteiger partial charge in [-0.05, 0) is 167 Å². The van der Waals surface area contributed by atoms with Crippen LogP contribution in [-0.2, 0) is 21.7 Å². The van der Waals surface area contributed by atoms with Gasteiger partial charge in [-0.2, -0.15) is 0 Å². The lowest BCUT2D eigenvalue weighted by molar-refractivity contribution is 0.566. The van der Waals surface area contributed by atoms with Crippen LogP contribution < -0.4 is 10.9 Å². The van der Waals surface area contributed by atoms with Crippen LogP contribution in [0.3, 0.4) is 0 Å². The summed E-state index contributed by atoms with van der Waals surface area (Å²) in [4.78, 5) is 0. The van der Waals surface area contributed by atoms with E-state index >= 15 is 0 Å². The molecule has 2 heteroatoms. The van der Waals surface area contributed by atoms with E-state index in [9.17, 15) is 0 Å². The summed E-state index contributed by atoms with van der Waals surface area (Å²) in [6, 6.07) is 60.3. The number of fused-ring (bicyclic) bond motifs is 16. The van der Waals surface area contributed by atoms with Gasteiger partial charge in [0.1, 0.15) is 0 Å². The van der Waals surface area contributed by atoms with Crippen LogP contribution in [0, 0.1) is 0 Å². The second-order valence-corrected chi connectivity index (χ2v) is 25.0. The molecule has 0 N–H and O–H groups in total. The second kappa shape index (κ2) is 14.0. The van der Waals surface area contributed by atoms with Crippen LogP contribution in [0.4, 0.5) is 0 Å². The predicted molar refractivity (Wildman–Crippen MR) is 301 cm³/mol. The fraction of sp³-hybridized carbons (Fsp3) is 0.254. The van der Waals surface area contributed by atoms with Gasteiger partial charge < -0.3 is 4.48 Å². The summed E-state index contributed by atoms with van der Waals surface area (Å²) in [7, 11) is 0. The molecule has 1 atom stereocenters. The van der Waals surface area contributed by atoms with Crippen molar-refractivity contribution in [2.24, 2.45) is 0 Å².